The third kappa shape index (κ3) is 5.67. The molecular weight excluding hydrogens is 402 g/mol. The fraction of sp³-hybridized carbons (Fsp3) is 0.538. The van der Waals surface area contributed by atoms with E-state index >= 15 is 0 Å². The van der Waals surface area contributed by atoms with Crippen molar-refractivity contribution in [2.24, 2.45) is 0 Å². The average Bonchev–Trinajstić information content (AvgIpc) is 3.27. The monoisotopic (exact) mass is 437 g/mol. The van der Waals surface area contributed by atoms with Crippen molar-refractivity contribution in [2.45, 2.75) is 64.0 Å². The zero-order chi connectivity index (χ0) is 22.3. The van der Waals surface area contributed by atoms with Crippen LogP contribution in [0.5, 0.6) is 0 Å². The number of pyridine rings is 1. The van der Waals surface area contributed by atoms with Crippen molar-refractivity contribution in [3.8, 4) is 0 Å². The molecule has 0 saturated carbocycles. The van der Waals surface area contributed by atoms with Crippen LogP contribution in [0.15, 0.2) is 36.4 Å². The van der Waals surface area contributed by atoms with Gasteiger partial charge in [-0.2, -0.15) is 0 Å². The molecular formula is C26H35N3O3. The van der Waals surface area contributed by atoms with E-state index in [1.807, 2.05) is 29.2 Å². The lowest BCUT2D eigenvalue weighted by molar-refractivity contribution is -0.143. The summed E-state index contributed by atoms with van der Waals surface area (Å²) < 4.78 is 6.10. The molecule has 2 aliphatic rings. The van der Waals surface area contributed by atoms with Crippen molar-refractivity contribution < 1.29 is 14.6 Å². The summed E-state index contributed by atoms with van der Waals surface area (Å²) in [5.41, 5.74) is 4.54. The summed E-state index contributed by atoms with van der Waals surface area (Å²) in [7, 11) is 0. The van der Waals surface area contributed by atoms with Gasteiger partial charge in [-0.3, -0.25) is 9.69 Å². The van der Waals surface area contributed by atoms with Crippen LogP contribution < -0.4 is 5.32 Å². The first-order valence-corrected chi connectivity index (χ1v) is 12.0. The number of nitrogens with one attached hydrogen (secondary N) is 1. The van der Waals surface area contributed by atoms with Gasteiger partial charge < -0.3 is 15.2 Å². The molecule has 1 saturated heterocycles. The van der Waals surface area contributed by atoms with E-state index in [0.29, 0.717) is 13.2 Å². The number of unbranched alkanes of at least 4 members (excludes halogenated alkanes) is 1. The van der Waals surface area contributed by atoms with Gasteiger partial charge in [0.15, 0.2) is 0 Å². The Morgan fingerprint density at radius 1 is 1.25 bits per heavy atom. The topological polar surface area (TPSA) is 74.7 Å². The molecule has 1 aromatic carbocycles. The molecule has 2 atom stereocenters. The molecule has 1 unspecified atom stereocenters. The molecule has 1 aromatic heterocycles. The lowest BCUT2D eigenvalue weighted by atomic mass is 10.0. The summed E-state index contributed by atoms with van der Waals surface area (Å²) in [5.74, 6) is 0.273. The van der Waals surface area contributed by atoms with Crippen molar-refractivity contribution in [1.82, 2.24) is 9.88 Å². The molecule has 0 radical (unpaired) electrons. The molecule has 2 aliphatic heterocycles. The number of anilines is 1. The molecule has 4 rings (SSSR count). The number of carboxylic acid groups (broad SMARTS) is 1. The van der Waals surface area contributed by atoms with Crippen molar-refractivity contribution in [2.75, 3.05) is 31.6 Å². The maximum absolute atomic E-state index is 12.0. The number of aryl methyl sites for hydroxylation is 3. The first kappa shape index (κ1) is 22.7. The van der Waals surface area contributed by atoms with Gasteiger partial charge in [0.25, 0.3) is 0 Å². The van der Waals surface area contributed by atoms with Gasteiger partial charge in [0.1, 0.15) is 11.9 Å². The number of ether oxygens (including phenoxy) is 1. The normalized spacial score (nSPS) is 19.3. The minimum absolute atomic E-state index is 0.109. The molecule has 2 N–H and O–H groups in total. The first-order chi connectivity index (χ1) is 15.6. The molecule has 172 valence electrons. The summed E-state index contributed by atoms with van der Waals surface area (Å²) in [5, 5.41) is 13.2. The zero-order valence-electron chi connectivity index (χ0n) is 19.1. The average molecular weight is 438 g/mol. The number of fused-ring (bicyclic) bond motifs is 1. The number of carboxylic acids is 1. The summed E-state index contributed by atoms with van der Waals surface area (Å²) in [6.45, 7) is 5.26. The minimum Gasteiger partial charge on any atom is -0.480 e. The predicted molar refractivity (Wildman–Crippen MR) is 126 cm³/mol. The fourth-order valence-corrected chi connectivity index (χ4v) is 4.74. The molecule has 0 amide bonds. The SMILES string of the molecule is CCc1ccc(C(C(=O)O)N2CC[C@@H](OCCCCc3ccc4c(n3)NCCC4)C2)cc1. The Morgan fingerprint density at radius 2 is 2.09 bits per heavy atom. The highest BCUT2D eigenvalue weighted by Gasteiger charge is 2.33. The van der Waals surface area contributed by atoms with E-state index < -0.39 is 12.0 Å². The molecule has 1 fully saturated rings. The molecule has 0 bridgehead atoms. The molecule has 0 spiro atoms. The van der Waals surface area contributed by atoms with Gasteiger partial charge in [0.2, 0.25) is 0 Å². The zero-order valence-corrected chi connectivity index (χ0v) is 19.1. The fourth-order valence-electron chi connectivity index (χ4n) is 4.74. The van der Waals surface area contributed by atoms with Crippen LogP contribution in [0.4, 0.5) is 5.82 Å². The molecule has 2 aromatic rings. The van der Waals surface area contributed by atoms with E-state index in [4.69, 9.17) is 9.72 Å². The Kier molecular flexibility index (Phi) is 7.76. The van der Waals surface area contributed by atoms with Crippen molar-refractivity contribution in [3.63, 3.8) is 0 Å². The Bertz CT molecular complexity index is 900. The largest absolute Gasteiger partial charge is 0.480 e. The van der Waals surface area contributed by atoms with E-state index in [1.165, 1.54) is 17.5 Å². The van der Waals surface area contributed by atoms with Gasteiger partial charge in [-0.05, 0) is 67.7 Å². The maximum atomic E-state index is 12.0. The van der Waals surface area contributed by atoms with E-state index in [9.17, 15) is 9.90 Å². The Morgan fingerprint density at radius 3 is 2.88 bits per heavy atom. The van der Waals surface area contributed by atoms with Gasteiger partial charge >= 0.3 is 5.97 Å². The summed E-state index contributed by atoms with van der Waals surface area (Å²) >= 11 is 0. The lowest BCUT2D eigenvalue weighted by Gasteiger charge is -2.24. The minimum atomic E-state index is -0.790. The van der Waals surface area contributed by atoms with Crippen LogP contribution in [0.1, 0.15) is 61.0 Å². The third-order valence-electron chi connectivity index (χ3n) is 6.61. The number of likely N-dealkylation sites (tertiary alicyclic amines) is 1. The number of hydrogen-bond donors (Lipinski definition) is 2. The number of nitrogens with zero attached hydrogens (tertiary/aromatic N) is 2. The molecule has 3 heterocycles. The van der Waals surface area contributed by atoms with Gasteiger partial charge in [-0.25, -0.2) is 4.98 Å². The van der Waals surface area contributed by atoms with Gasteiger partial charge in [0.05, 0.1) is 6.10 Å². The summed E-state index contributed by atoms with van der Waals surface area (Å²) in [6.07, 6.45) is 7.25. The van der Waals surface area contributed by atoms with Crippen LogP contribution in [0.3, 0.4) is 0 Å². The van der Waals surface area contributed by atoms with E-state index in [1.54, 1.807) is 0 Å². The van der Waals surface area contributed by atoms with Crippen LogP contribution in [0.2, 0.25) is 0 Å². The highest BCUT2D eigenvalue weighted by atomic mass is 16.5. The van der Waals surface area contributed by atoms with Gasteiger partial charge in [0, 0.05) is 31.9 Å². The van der Waals surface area contributed by atoms with Crippen LogP contribution >= 0.6 is 0 Å². The number of carbonyl (C=O) groups is 1. The second-order valence-electron chi connectivity index (χ2n) is 8.91. The number of rotatable bonds is 10. The van der Waals surface area contributed by atoms with Crippen LogP contribution in [-0.4, -0.2) is 53.3 Å². The standard InChI is InChI=1S/C26H35N3O3/c1-2-19-8-10-20(11-9-19)24(26(30)31)29-16-14-23(18-29)32-17-4-3-7-22-13-12-21-6-5-15-27-25(21)28-22/h8-13,23-24H,2-7,14-18H2,1H3,(H,27,28)(H,30,31)/t23-,24?/m1/s1. The van der Waals surface area contributed by atoms with Gasteiger partial charge in [-0.15, -0.1) is 0 Å². The van der Waals surface area contributed by atoms with Gasteiger partial charge in [-0.1, -0.05) is 37.3 Å². The van der Waals surface area contributed by atoms with E-state index in [2.05, 4.69) is 24.4 Å². The summed E-state index contributed by atoms with van der Waals surface area (Å²) in [6, 6.07) is 11.7. The quantitative estimate of drug-likeness (QED) is 0.542. The van der Waals surface area contributed by atoms with Crippen molar-refractivity contribution in [1.29, 1.82) is 0 Å². The number of hydrogen-bond acceptors (Lipinski definition) is 5. The second kappa shape index (κ2) is 10.9. The molecule has 0 aliphatic carbocycles. The van der Waals surface area contributed by atoms with E-state index in [-0.39, 0.29) is 6.10 Å². The van der Waals surface area contributed by atoms with Crippen LogP contribution in [0, 0.1) is 0 Å². The maximum Gasteiger partial charge on any atom is 0.325 e. The highest BCUT2D eigenvalue weighted by Crippen LogP contribution is 2.27. The smallest absolute Gasteiger partial charge is 0.325 e. The first-order valence-electron chi connectivity index (χ1n) is 12.0. The Hall–Kier alpha value is -2.44. The Balaban J connectivity index is 1.20. The molecule has 32 heavy (non-hydrogen) atoms. The van der Waals surface area contributed by atoms with E-state index in [0.717, 1.165) is 68.7 Å². The summed E-state index contributed by atoms with van der Waals surface area (Å²) in [4.78, 5) is 18.8. The van der Waals surface area contributed by atoms with Crippen LogP contribution in [0.25, 0.3) is 0 Å². The van der Waals surface area contributed by atoms with Crippen molar-refractivity contribution in [3.05, 3.63) is 58.8 Å². The number of aliphatic carboxylic acids is 1. The van der Waals surface area contributed by atoms with Crippen LogP contribution in [-0.2, 0) is 28.8 Å². The predicted octanol–water partition coefficient (Wildman–Crippen LogP) is 4.24. The third-order valence-corrected chi connectivity index (χ3v) is 6.61. The number of benzene rings is 1. The molecule has 6 heteroatoms. The Labute approximate surface area is 191 Å². The second-order valence-corrected chi connectivity index (χ2v) is 8.91. The van der Waals surface area contributed by atoms with Crippen molar-refractivity contribution >= 4 is 11.8 Å². The highest BCUT2D eigenvalue weighted by molar-refractivity contribution is 5.75. The number of aromatic nitrogens is 1. The molecule has 6 nitrogen and oxygen atoms in total. The lowest BCUT2D eigenvalue weighted by Crippen LogP contribution is -2.33.